The first kappa shape index (κ1) is 11.4. The zero-order valence-electron chi connectivity index (χ0n) is 7.64. The van der Waals surface area contributed by atoms with Crippen molar-refractivity contribution < 1.29 is 10.0 Å². The van der Waals surface area contributed by atoms with E-state index in [4.69, 9.17) is 10.9 Å². The van der Waals surface area contributed by atoms with E-state index in [0.717, 1.165) is 4.47 Å². The Morgan fingerprint density at radius 2 is 2.40 bits per heavy atom. The van der Waals surface area contributed by atoms with E-state index in [1.54, 1.807) is 12.1 Å². The summed E-state index contributed by atoms with van der Waals surface area (Å²) in [5.41, 5.74) is 5.45. The summed E-state index contributed by atoms with van der Waals surface area (Å²) in [7, 11) is 0. The lowest BCUT2D eigenvalue weighted by molar-refractivity contribution is 0.0954. The van der Waals surface area contributed by atoms with Crippen molar-refractivity contribution in [1.82, 2.24) is 10.3 Å². The summed E-state index contributed by atoms with van der Waals surface area (Å²) in [6.07, 6.45) is 1.51. The van der Waals surface area contributed by atoms with Crippen molar-refractivity contribution >= 4 is 27.7 Å². The Hall–Kier alpha value is -1.63. The maximum Gasteiger partial charge on any atom is 0.270 e. The fourth-order valence-corrected chi connectivity index (χ4v) is 1.04. The number of pyridine rings is 1. The van der Waals surface area contributed by atoms with Crippen LogP contribution in [0.2, 0.25) is 0 Å². The largest absolute Gasteiger partial charge is 0.409 e. The number of carbonyl (C=O) groups excluding carboxylic acids is 1. The highest BCUT2D eigenvalue weighted by Crippen LogP contribution is 2.06. The van der Waals surface area contributed by atoms with Gasteiger partial charge in [-0.2, -0.15) is 0 Å². The minimum atomic E-state index is -0.380. The molecule has 4 N–H and O–H groups in total. The lowest BCUT2D eigenvalue weighted by Crippen LogP contribution is -2.33. The molecule has 0 saturated carbocycles. The summed E-state index contributed by atoms with van der Waals surface area (Å²) in [5, 5.41) is 13.4. The smallest absolute Gasteiger partial charge is 0.270 e. The van der Waals surface area contributed by atoms with E-state index in [1.165, 1.54) is 6.20 Å². The molecule has 6 nitrogen and oxygen atoms in total. The first-order valence-corrected chi connectivity index (χ1v) is 4.79. The molecule has 0 bridgehead atoms. The Bertz CT molecular complexity index is 377. The van der Waals surface area contributed by atoms with E-state index >= 15 is 0 Å². The number of hydrogen-bond acceptors (Lipinski definition) is 4. The normalized spacial score (nSPS) is 11.1. The van der Waals surface area contributed by atoms with E-state index < -0.39 is 0 Å². The van der Waals surface area contributed by atoms with Crippen LogP contribution in [0.3, 0.4) is 0 Å². The average Bonchev–Trinajstić information content (AvgIpc) is 2.26. The maximum absolute atomic E-state index is 11.4. The molecule has 0 aliphatic heterocycles. The molecule has 7 heteroatoms. The lowest BCUT2D eigenvalue weighted by Gasteiger charge is -2.02. The highest BCUT2D eigenvalue weighted by molar-refractivity contribution is 9.10. The van der Waals surface area contributed by atoms with E-state index in [2.05, 4.69) is 31.4 Å². The predicted octanol–water partition coefficient (Wildman–Crippen LogP) is 0.320. The zero-order valence-corrected chi connectivity index (χ0v) is 9.23. The average molecular weight is 273 g/mol. The number of oxime groups is 1. The summed E-state index contributed by atoms with van der Waals surface area (Å²) in [5.74, 6) is -0.449. The monoisotopic (exact) mass is 272 g/mol. The molecular weight excluding hydrogens is 264 g/mol. The highest BCUT2D eigenvalue weighted by Gasteiger charge is 2.06. The number of amidine groups is 1. The van der Waals surface area contributed by atoms with E-state index in [9.17, 15) is 4.79 Å². The molecule has 1 aromatic heterocycles. The molecule has 1 aromatic rings. The summed E-state index contributed by atoms with van der Waals surface area (Å²) < 4.78 is 0.787. The van der Waals surface area contributed by atoms with Crippen LogP contribution in [0.4, 0.5) is 0 Å². The van der Waals surface area contributed by atoms with Crippen LogP contribution in [0, 0.1) is 0 Å². The van der Waals surface area contributed by atoms with Gasteiger partial charge in [0, 0.05) is 10.7 Å². The fourth-order valence-electron chi connectivity index (χ4n) is 0.807. The second-order valence-corrected chi connectivity index (χ2v) is 3.55. The van der Waals surface area contributed by atoms with Gasteiger partial charge < -0.3 is 16.3 Å². The molecule has 0 radical (unpaired) electrons. The lowest BCUT2D eigenvalue weighted by atomic mass is 10.3. The predicted molar refractivity (Wildman–Crippen MR) is 57.7 cm³/mol. The highest BCUT2D eigenvalue weighted by atomic mass is 79.9. The van der Waals surface area contributed by atoms with Crippen LogP contribution in [0.15, 0.2) is 28.0 Å². The van der Waals surface area contributed by atoms with Gasteiger partial charge in [-0.3, -0.25) is 4.79 Å². The molecule has 1 amide bonds. The van der Waals surface area contributed by atoms with Crippen LogP contribution in [-0.2, 0) is 0 Å². The number of rotatable bonds is 3. The van der Waals surface area contributed by atoms with Crippen molar-refractivity contribution in [3.05, 3.63) is 28.5 Å². The summed E-state index contributed by atoms with van der Waals surface area (Å²) >= 11 is 3.20. The van der Waals surface area contributed by atoms with Gasteiger partial charge in [-0.25, -0.2) is 4.98 Å². The SMILES string of the molecule is NC(CNC(=O)c1ccc(Br)cn1)=NO. The van der Waals surface area contributed by atoms with Gasteiger partial charge in [-0.15, -0.1) is 0 Å². The van der Waals surface area contributed by atoms with Gasteiger partial charge in [0.15, 0.2) is 5.84 Å². The molecule has 0 aromatic carbocycles. The molecule has 15 heavy (non-hydrogen) atoms. The van der Waals surface area contributed by atoms with Crippen molar-refractivity contribution in [3.63, 3.8) is 0 Å². The van der Waals surface area contributed by atoms with Gasteiger partial charge >= 0.3 is 0 Å². The third-order valence-electron chi connectivity index (χ3n) is 1.52. The third kappa shape index (κ3) is 3.55. The number of nitrogens with zero attached hydrogens (tertiary/aromatic N) is 2. The number of halogens is 1. The second kappa shape index (κ2) is 5.30. The Morgan fingerprint density at radius 1 is 1.67 bits per heavy atom. The number of carbonyl (C=O) groups is 1. The summed E-state index contributed by atoms with van der Waals surface area (Å²) in [4.78, 5) is 15.3. The first-order valence-electron chi connectivity index (χ1n) is 3.99. The second-order valence-electron chi connectivity index (χ2n) is 2.64. The minimum Gasteiger partial charge on any atom is -0.409 e. The number of hydrogen-bond donors (Lipinski definition) is 3. The van der Waals surface area contributed by atoms with Crippen LogP contribution in [0.1, 0.15) is 10.5 Å². The summed E-state index contributed by atoms with van der Waals surface area (Å²) in [6.45, 7) is -0.0208. The molecule has 0 aliphatic rings. The van der Waals surface area contributed by atoms with E-state index in [0.29, 0.717) is 0 Å². The third-order valence-corrected chi connectivity index (χ3v) is 1.99. The summed E-state index contributed by atoms with van der Waals surface area (Å²) in [6, 6.07) is 3.26. The van der Waals surface area contributed by atoms with Crippen LogP contribution in [-0.4, -0.2) is 28.5 Å². The number of nitrogens with one attached hydrogen (secondary N) is 1. The molecule has 0 spiro atoms. The van der Waals surface area contributed by atoms with Gasteiger partial charge in [-0.05, 0) is 28.1 Å². The molecule has 0 unspecified atom stereocenters. The molecule has 0 saturated heterocycles. The maximum atomic E-state index is 11.4. The van der Waals surface area contributed by atoms with Gasteiger partial charge in [0.05, 0.1) is 6.54 Å². The van der Waals surface area contributed by atoms with Crippen LogP contribution < -0.4 is 11.1 Å². The topological polar surface area (TPSA) is 101 Å². The Kier molecular flexibility index (Phi) is 4.04. The number of nitrogens with two attached hydrogens (primary N) is 1. The van der Waals surface area contributed by atoms with Gasteiger partial charge in [0.25, 0.3) is 5.91 Å². The van der Waals surface area contributed by atoms with Crippen LogP contribution >= 0.6 is 15.9 Å². The fraction of sp³-hybridized carbons (Fsp3) is 0.125. The van der Waals surface area contributed by atoms with E-state index in [-0.39, 0.29) is 24.0 Å². The van der Waals surface area contributed by atoms with Crippen LogP contribution in [0.5, 0.6) is 0 Å². The molecule has 1 heterocycles. The van der Waals surface area contributed by atoms with Crippen molar-refractivity contribution in [3.8, 4) is 0 Å². The Labute approximate surface area is 94.3 Å². The molecule has 0 aliphatic carbocycles. The molecule has 80 valence electrons. The Balaban J connectivity index is 2.58. The molecule has 0 fully saturated rings. The van der Waals surface area contributed by atoms with Crippen molar-refractivity contribution in [2.75, 3.05) is 6.54 Å². The molecule has 0 atom stereocenters. The van der Waals surface area contributed by atoms with Gasteiger partial charge in [0.2, 0.25) is 0 Å². The van der Waals surface area contributed by atoms with E-state index in [1.807, 2.05) is 0 Å². The first-order chi connectivity index (χ1) is 7.13. The van der Waals surface area contributed by atoms with Gasteiger partial charge in [-0.1, -0.05) is 5.16 Å². The quantitative estimate of drug-likeness (QED) is 0.319. The number of aromatic nitrogens is 1. The zero-order chi connectivity index (χ0) is 11.3. The van der Waals surface area contributed by atoms with Crippen LogP contribution in [0.25, 0.3) is 0 Å². The number of amides is 1. The Morgan fingerprint density at radius 3 is 2.93 bits per heavy atom. The molecule has 1 rings (SSSR count). The molecular formula is C8H9BrN4O2. The van der Waals surface area contributed by atoms with Gasteiger partial charge in [0.1, 0.15) is 5.69 Å². The standard InChI is InChI=1S/C8H9BrN4O2/c9-5-1-2-6(11-3-5)8(14)12-4-7(10)13-15/h1-3,15H,4H2,(H2,10,13)(H,12,14). The van der Waals surface area contributed by atoms with Crippen molar-refractivity contribution in [1.29, 1.82) is 0 Å². The minimum absolute atomic E-state index is 0.0208. The van der Waals surface area contributed by atoms with Crippen molar-refractivity contribution in [2.24, 2.45) is 10.9 Å². The van der Waals surface area contributed by atoms with Crippen molar-refractivity contribution in [2.45, 2.75) is 0 Å².